The number of methoxy groups -OCH3 is 2. The first-order valence-corrected chi connectivity index (χ1v) is 13.1. The van der Waals surface area contributed by atoms with Gasteiger partial charge in [-0.1, -0.05) is 33.8 Å². The highest BCUT2D eigenvalue weighted by molar-refractivity contribution is 6.46. The summed E-state index contributed by atoms with van der Waals surface area (Å²) >= 11 is 0. The lowest BCUT2D eigenvalue weighted by molar-refractivity contribution is -0.140. The second kappa shape index (κ2) is 12.8. The van der Waals surface area contributed by atoms with E-state index in [2.05, 4.69) is 32.6 Å². The lowest BCUT2D eigenvalue weighted by Gasteiger charge is -2.28. The van der Waals surface area contributed by atoms with Crippen LogP contribution in [0.1, 0.15) is 50.4 Å². The standard InChI is InChI=1S/C30H40N2O6/c1-8-31(9-2)14-15-32-27(21-10-13-24(36-6)25(17-21)37-7)26(29(34)30(32)35)28(33)22-11-12-23(20(5)16-22)38-18-19(3)4/h10-13,16-17,19,27,33H,8-9,14-15,18H2,1-7H3/b28-26+/t27-/m0/s1. The van der Waals surface area contributed by atoms with Gasteiger partial charge in [0.1, 0.15) is 11.5 Å². The van der Waals surface area contributed by atoms with Gasteiger partial charge >= 0.3 is 0 Å². The second-order valence-corrected chi connectivity index (χ2v) is 9.82. The van der Waals surface area contributed by atoms with Gasteiger partial charge in [0.05, 0.1) is 32.4 Å². The molecule has 1 heterocycles. The van der Waals surface area contributed by atoms with Crippen LogP contribution in [0, 0.1) is 12.8 Å². The van der Waals surface area contributed by atoms with Crippen molar-refractivity contribution in [2.75, 3.05) is 47.0 Å². The van der Waals surface area contributed by atoms with Crippen LogP contribution >= 0.6 is 0 Å². The van der Waals surface area contributed by atoms with E-state index in [0.717, 1.165) is 18.7 Å². The largest absolute Gasteiger partial charge is 0.507 e. The third-order valence-electron chi connectivity index (χ3n) is 6.84. The van der Waals surface area contributed by atoms with E-state index in [9.17, 15) is 14.7 Å². The maximum absolute atomic E-state index is 13.4. The number of aryl methyl sites for hydroxylation is 1. The Morgan fingerprint density at radius 2 is 1.66 bits per heavy atom. The van der Waals surface area contributed by atoms with E-state index in [4.69, 9.17) is 14.2 Å². The molecule has 38 heavy (non-hydrogen) atoms. The molecule has 2 aromatic carbocycles. The number of likely N-dealkylation sites (N-methyl/N-ethyl adjacent to an activating group) is 1. The molecule has 1 N–H and O–H groups in total. The first-order chi connectivity index (χ1) is 18.2. The van der Waals surface area contributed by atoms with Gasteiger partial charge in [-0.25, -0.2) is 0 Å². The molecule has 1 atom stereocenters. The summed E-state index contributed by atoms with van der Waals surface area (Å²) in [6.07, 6.45) is 0. The normalized spacial score (nSPS) is 17.0. The molecular formula is C30H40N2O6. The molecule has 1 aliphatic heterocycles. The fourth-order valence-electron chi connectivity index (χ4n) is 4.64. The van der Waals surface area contributed by atoms with Crippen molar-refractivity contribution < 1.29 is 28.9 Å². The van der Waals surface area contributed by atoms with E-state index in [1.807, 2.05) is 6.92 Å². The van der Waals surface area contributed by atoms with Crippen molar-refractivity contribution in [2.24, 2.45) is 5.92 Å². The molecule has 3 rings (SSSR count). The Bertz CT molecular complexity index is 1190. The number of carbonyl (C=O) groups excluding carboxylic acids is 2. The molecule has 0 unspecified atom stereocenters. The van der Waals surface area contributed by atoms with Crippen LogP contribution in [0.2, 0.25) is 0 Å². The zero-order valence-corrected chi connectivity index (χ0v) is 23.5. The fourth-order valence-corrected chi connectivity index (χ4v) is 4.64. The monoisotopic (exact) mass is 524 g/mol. The van der Waals surface area contributed by atoms with Crippen molar-refractivity contribution in [3.8, 4) is 17.2 Å². The number of ether oxygens (including phenoxy) is 3. The topological polar surface area (TPSA) is 88.5 Å². The molecule has 0 aliphatic carbocycles. The van der Waals surface area contributed by atoms with Crippen molar-refractivity contribution in [3.05, 3.63) is 58.7 Å². The number of rotatable bonds is 12. The minimum atomic E-state index is -0.775. The van der Waals surface area contributed by atoms with Crippen LogP contribution in [-0.2, 0) is 9.59 Å². The van der Waals surface area contributed by atoms with Gasteiger partial charge in [-0.2, -0.15) is 0 Å². The molecule has 1 amide bonds. The molecule has 0 spiro atoms. The maximum Gasteiger partial charge on any atom is 0.295 e. The summed E-state index contributed by atoms with van der Waals surface area (Å²) in [6, 6.07) is 9.79. The third-order valence-corrected chi connectivity index (χ3v) is 6.84. The Labute approximate surface area is 225 Å². The molecule has 206 valence electrons. The summed E-state index contributed by atoms with van der Waals surface area (Å²) in [4.78, 5) is 30.4. The summed E-state index contributed by atoms with van der Waals surface area (Å²) in [5.41, 5.74) is 1.98. The van der Waals surface area contributed by atoms with Crippen LogP contribution in [0.3, 0.4) is 0 Å². The van der Waals surface area contributed by atoms with Gasteiger partial charge in [-0.05, 0) is 67.4 Å². The minimum absolute atomic E-state index is 0.0528. The molecule has 2 aromatic rings. The summed E-state index contributed by atoms with van der Waals surface area (Å²) in [5.74, 6) is 0.534. The first-order valence-electron chi connectivity index (χ1n) is 13.1. The molecule has 8 heteroatoms. The summed E-state index contributed by atoms with van der Waals surface area (Å²) < 4.78 is 16.7. The summed E-state index contributed by atoms with van der Waals surface area (Å²) in [7, 11) is 3.08. The van der Waals surface area contributed by atoms with Crippen molar-refractivity contribution in [1.29, 1.82) is 0 Å². The molecule has 0 saturated carbocycles. The average molecular weight is 525 g/mol. The SMILES string of the molecule is CCN(CC)CCN1C(=O)C(=O)/C(=C(/O)c2ccc(OCC(C)C)c(C)c2)[C@@H]1c1ccc(OC)c(OC)c1. The van der Waals surface area contributed by atoms with Gasteiger partial charge in [0.2, 0.25) is 0 Å². The highest BCUT2D eigenvalue weighted by atomic mass is 16.5. The van der Waals surface area contributed by atoms with Crippen molar-refractivity contribution in [1.82, 2.24) is 9.80 Å². The summed E-state index contributed by atoms with van der Waals surface area (Å²) in [5, 5.41) is 11.5. The Morgan fingerprint density at radius 3 is 2.24 bits per heavy atom. The zero-order chi connectivity index (χ0) is 28.0. The van der Waals surface area contributed by atoms with Gasteiger partial charge in [-0.3, -0.25) is 9.59 Å². The number of benzene rings is 2. The van der Waals surface area contributed by atoms with Crippen LogP contribution < -0.4 is 14.2 Å². The predicted molar refractivity (Wildman–Crippen MR) is 148 cm³/mol. The number of hydrogen-bond acceptors (Lipinski definition) is 7. The van der Waals surface area contributed by atoms with Crippen molar-refractivity contribution in [2.45, 2.75) is 40.7 Å². The minimum Gasteiger partial charge on any atom is -0.507 e. The van der Waals surface area contributed by atoms with Crippen LogP contribution in [0.4, 0.5) is 0 Å². The number of Topliss-reactive ketones (excluding diaryl/α,β-unsaturated/α-hetero) is 1. The fraction of sp³-hybridized carbons (Fsp3) is 0.467. The average Bonchev–Trinajstić information content (AvgIpc) is 3.16. The van der Waals surface area contributed by atoms with Gasteiger partial charge in [0.25, 0.3) is 11.7 Å². The molecular weight excluding hydrogens is 484 g/mol. The second-order valence-electron chi connectivity index (χ2n) is 9.82. The highest BCUT2D eigenvalue weighted by Gasteiger charge is 2.46. The lowest BCUT2D eigenvalue weighted by atomic mass is 9.94. The van der Waals surface area contributed by atoms with Crippen molar-refractivity contribution >= 4 is 17.4 Å². The zero-order valence-electron chi connectivity index (χ0n) is 23.5. The number of aliphatic hydroxyl groups is 1. The van der Waals surface area contributed by atoms with E-state index < -0.39 is 17.7 Å². The van der Waals surface area contributed by atoms with Gasteiger partial charge in [-0.15, -0.1) is 0 Å². The highest BCUT2D eigenvalue weighted by Crippen LogP contribution is 2.42. The van der Waals surface area contributed by atoms with E-state index in [1.165, 1.54) is 7.11 Å². The van der Waals surface area contributed by atoms with E-state index in [0.29, 0.717) is 54.0 Å². The smallest absolute Gasteiger partial charge is 0.295 e. The number of ketones is 1. The van der Waals surface area contributed by atoms with E-state index >= 15 is 0 Å². The number of aliphatic hydroxyl groups excluding tert-OH is 1. The van der Waals surface area contributed by atoms with Gasteiger partial charge in [0, 0.05) is 18.7 Å². The molecule has 0 aromatic heterocycles. The van der Waals surface area contributed by atoms with Crippen LogP contribution in [0.25, 0.3) is 5.76 Å². The number of amides is 1. The van der Waals surface area contributed by atoms with Crippen LogP contribution in [0.15, 0.2) is 42.0 Å². The molecule has 1 aliphatic rings. The lowest BCUT2D eigenvalue weighted by Crippen LogP contribution is -2.38. The number of likely N-dealkylation sites (tertiary alicyclic amines) is 1. The summed E-state index contributed by atoms with van der Waals surface area (Å²) in [6.45, 7) is 13.3. The van der Waals surface area contributed by atoms with Gasteiger partial charge < -0.3 is 29.1 Å². The van der Waals surface area contributed by atoms with E-state index in [-0.39, 0.29) is 11.3 Å². The van der Waals surface area contributed by atoms with Crippen molar-refractivity contribution in [3.63, 3.8) is 0 Å². The quantitative estimate of drug-likeness (QED) is 0.242. The Kier molecular flexibility index (Phi) is 9.80. The van der Waals surface area contributed by atoms with E-state index in [1.54, 1.807) is 48.4 Å². The number of hydrogen-bond donors (Lipinski definition) is 1. The molecule has 1 saturated heterocycles. The predicted octanol–water partition coefficient (Wildman–Crippen LogP) is 4.81. The number of nitrogens with zero attached hydrogens (tertiary/aromatic N) is 2. The Hall–Kier alpha value is -3.52. The number of carbonyl (C=O) groups is 2. The third kappa shape index (κ3) is 6.13. The van der Waals surface area contributed by atoms with Gasteiger partial charge in [0.15, 0.2) is 11.5 Å². The van der Waals surface area contributed by atoms with Crippen LogP contribution in [-0.4, -0.2) is 73.6 Å². The van der Waals surface area contributed by atoms with Crippen LogP contribution in [0.5, 0.6) is 17.2 Å². The molecule has 8 nitrogen and oxygen atoms in total. The molecule has 0 radical (unpaired) electrons. The molecule has 0 bridgehead atoms. The first kappa shape index (κ1) is 29.0. The Morgan fingerprint density at radius 1 is 1.00 bits per heavy atom. The molecule has 1 fully saturated rings. The Balaban J connectivity index is 2.11. The maximum atomic E-state index is 13.4.